The maximum absolute atomic E-state index is 11.8. The number of carbonyl (C=O) groups excluding carboxylic acids is 1. The van der Waals surface area contributed by atoms with Gasteiger partial charge in [0.05, 0.1) is 6.04 Å². The van der Waals surface area contributed by atoms with Crippen molar-refractivity contribution >= 4 is 18.3 Å². The zero-order valence-electron chi connectivity index (χ0n) is 10.6. The average molecular weight is 265 g/mol. The van der Waals surface area contributed by atoms with Gasteiger partial charge in [0.25, 0.3) is 0 Å². The summed E-state index contributed by atoms with van der Waals surface area (Å²) in [6.07, 6.45) is 5.03. The molecule has 0 spiro atoms. The van der Waals surface area contributed by atoms with E-state index in [0.717, 1.165) is 32.2 Å². The van der Waals surface area contributed by atoms with Crippen molar-refractivity contribution in [2.24, 2.45) is 5.92 Å². The van der Waals surface area contributed by atoms with E-state index in [2.05, 4.69) is 17.6 Å². The summed E-state index contributed by atoms with van der Waals surface area (Å²) in [6, 6.07) is 0.000354. The Morgan fingerprint density at radius 3 is 2.82 bits per heavy atom. The fourth-order valence-corrected chi connectivity index (χ4v) is 2.08. The third-order valence-electron chi connectivity index (χ3n) is 3.31. The van der Waals surface area contributed by atoms with Gasteiger partial charge in [0.15, 0.2) is 0 Å². The molecule has 5 heteroatoms. The number of hydrogen-bond acceptors (Lipinski definition) is 3. The van der Waals surface area contributed by atoms with E-state index in [1.165, 1.54) is 6.42 Å². The van der Waals surface area contributed by atoms with Crippen LogP contribution in [0.5, 0.6) is 0 Å². The van der Waals surface area contributed by atoms with Crippen LogP contribution in [0.15, 0.2) is 0 Å². The van der Waals surface area contributed by atoms with Crippen LogP contribution in [-0.2, 0) is 4.79 Å². The van der Waals surface area contributed by atoms with Crippen LogP contribution < -0.4 is 10.6 Å². The highest BCUT2D eigenvalue weighted by atomic mass is 35.5. The average Bonchev–Trinajstić information content (AvgIpc) is 2.35. The largest absolute Gasteiger partial charge is 0.396 e. The maximum Gasteiger partial charge on any atom is 0.237 e. The number of rotatable bonds is 6. The first kappa shape index (κ1) is 16.7. The molecule has 0 bridgehead atoms. The van der Waals surface area contributed by atoms with Crippen molar-refractivity contribution in [2.75, 3.05) is 19.7 Å². The number of halogens is 1. The molecule has 1 amide bonds. The molecule has 0 aromatic rings. The first-order chi connectivity index (χ1) is 7.77. The van der Waals surface area contributed by atoms with Crippen LogP contribution in [-0.4, -0.2) is 36.8 Å². The first-order valence-corrected chi connectivity index (χ1v) is 6.39. The molecular weight excluding hydrogens is 240 g/mol. The van der Waals surface area contributed by atoms with E-state index < -0.39 is 0 Å². The zero-order valence-corrected chi connectivity index (χ0v) is 11.4. The Morgan fingerprint density at radius 2 is 2.29 bits per heavy atom. The molecule has 1 fully saturated rings. The molecule has 0 saturated carbocycles. The molecule has 1 aliphatic heterocycles. The minimum atomic E-state index is 0. The van der Waals surface area contributed by atoms with Gasteiger partial charge in [-0.2, -0.15) is 0 Å². The Hall–Kier alpha value is -0.320. The highest BCUT2D eigenvalue weighted by molar-refractivity contribution is 5.85. The lowest BCUT2D eigenvalue weighted by atomic mass is 10.0. The lowest BCUT2D eigenvalue weighted by molar-refractivity contribution is -0.123. The Bertz CT molecular complexity index is 209. The van der Waals surface area contributed by atoms with Crippen LogP contribution in [0.4, 0.5) is 0 Å². The van der Waals surface area contributed by atoms with Crippen molar-refractivity contribution < 1.29 is 9.90 Å². The zero-order chi connectivity index (χ0) is 11.8. The number of aliphatic hydroxyl groups excluding tert-OH is 1. The molecule has 0 aromatic carbocycles. The fraction of sp³-hybridized carbons (Fsp3) is 0.917. The number of hydrogen-bond donors (Lipinski definition) is 3. The molecule has 1 heterocycles. The van der Waals surface area contributed by atoms with Crippen molar-refractivity contribution in [3.8, 4) is 0 Å². The van der Waals surface area contributed by atoms with Crippen molar-refractivity contribution in [3.63, 3.8) is 0 Å². The van der Waals surface area contributed by atoms with Gasteiger partial charge in [0.2, 0.25) is 5.91 Å². The smallest absolute Gasteiger partial charge is 0.237 e. The van der Waals surface area contributed by atoms with Crippen LogP contribution in [0.3, 0.4) is 0 Å². The molecular formula is C12H25ClN2O2. The van der Waals surface area contributed by atoms with E-state index >= 15 is 0 Å². The van der Waals surface area contributed by atoms with Gasteiger partial charge in [-0.15, -0.1) is 12.4 Å². The summed E-state index contributed by atoms with van der Waals surface area (Å²) in [4.78, 5) is 11.8. The second kappa shape index (κ2) is 9.68. The molecule has 0 aliphatic carbocycles. The lowest BCUT2D eigenvalue weighted by Gasteiger charge is -2.23. The van der Waals surface area contributed by atoms with Gasteiger partial charge < -0.3 is 15.7 Å². The standard InChI is InChI=1S/C12H24N2O2.ClH/c1-2-10(6-8-15)9-14-12(16)11-5-3-4-7-13-11;/h10-11,13,15H,2-9H2,1H3,(H,14,16);1H. The minimum absolute atomic E-state index is 0. The summed E-state index contributed by atoms with van der Waals surface area (Å²) in [5.41, 5.74) is 0. The molecule has 1 rings (SSSR count). The fourth-order valence-electron chi connectivity index (χ4n) is 2.08. The van der Waals surface area contributed by atoms with Crippen LogP contribution in [0, 0.1) is 5.92 Å². The molecule has 0 aromatic heterocycles. The normalized spacial score (nSPS) is 21.4. The minimum Gasteiger partial charge on any atom is -0.396 e. The highest BCUT2D eigenvalue weighted by Gasteiger charge is 2.20. The third kappa shape index (κ3) is 6.24. The van der Waals surface area contributed by atoms with Crippen LogP contribution >= 0.6 is 12.4 Å². The van der Waals surface area contributed by atoms with Crippen LogP contribution in [0.2, 0.25) is 0 Å². The molecule has 2 unspecified atom stereocenters. The molecule has 0 radical (unpaired) electrons. The molecule has 3 N–H and O–H groups in total. The van der Waals surface area contributed by atoms with Crippen molar-refractivity contribution in [3.05, 3.63) is 0 Å². The number of aliphatic hydroxyl groups is 1. The third-order valence-corrected chi connectivity index (χ3v) is 3.31. The molecule has 4 nitrogen and oxygen atoms in total. The van der Waals surface area contributed by atoms with Crippen molar-refractivity contribution in [1.29, 1.82) is 0 Å². The van der Waals surface area contributed by atoms with E-state index in [4.69, 9.17) is 5.11 Å². The molecule has 2 atom stereocenters. The van der Waals surface area contributed by atoms with Crippen LogP contribution in [0.25, 0.3) is 0 Å². The summed E-state index contributed by atoms with van der Waals surface area (Å²) in [5, 5.41) is 15.1. The summed E-state index contributed by atoms with van der Waals surface area (Å²) >= 11 is 0. The quantitative estimate of drug-likeness (QED) is 0.673. The van der Waals surface area contributed by atoms with E-state index in [9.17, 15) is 4.79 Å². The van der Waals surface area contributed by atoms with Gasteiger partial charge in [-0.25, -0.2) is 0 Å². The lowest BCUT2D eigenvalue weighted by Crippen LogP contribution is -2.47. The number of amides is 1. The van der Waals surface area contributed by atoms with Gasteiger partial charge in [-0.1, -0.05) is 19.8 Å². The molecule has 102 valence electrons. The Morgan fingerprint density at radius 1 is 1.53 bits per heavy atom. The monoisotopic (exact) mass is 264 g/mol. The van der Waals surface area contributed by atoms with Crippen molar-refractivity contribution in [2.45, 2.75) is 45.1 Å². The predicted molar refractivity (Wildman–Crippen MR) is 71.4 cm³/mol. The van der Waals surface area contributed by atoms with E-state index in [1.54, 1.807) is 0 Å². The van der Waals surface area contributed by atoms with E-state index in [0.29, 0.717) is 12.5 Å². The molecule has 1 saturated heterocycles. The van der Waals surface area contributed by atoms with E-state index in [-0.39, 0.29) is 31.0 Å². The van der Waals surface area contributed by atoms with E-state index in [1.807, 2.05) is 0 Å². The summed E-state index contributed by atoms with van der Waals surface area (Å²) < 4.78 is 0. The molecule has 1 aliphatic rings. The Balaban J connectivity index is 0.00000256. The van der Waals surface area contributed by atoms with Gasteiger partial charge in [0, 0.05) is 13.2 Å². The topological polar surface area (TPSA) is 61.4 Å². The first-order valence-electron chi connectivity index (χ1n) is 6.39. The van der Waals surface area contributed by atoms with Gasteiger partial charge in [0.1, 0.15) is 0 Å². The van der Waals surface area contributed by atoms with Gasteiger partial charge in [-0.05, 0) is 31.7 Å². The summed E-state index contributed by atoms with van der Waals surface area (Å²) in [7, 11) is 0. The SMILES string of the molecule is CCC(CCO)CNC(=O)C1CCCCN1.Cl. The van der Waals surface area contributed by atoms with Crippen LogP contribution in [0.1, 0.15) is 39.0 Å². The van der Waals surface area contributed by atoms with Crippen molar-refractivity contribution in [1.82, 2.24) is 10.6 Å². The Kier molecular flexibility index (Phi) is 9.50. The highest BCUT2D eigenvalue weighted by Crippen LogP contribution is 2.08. The number of carbonyl (C=O) groups is 1. The second-order valence-electron chi connectivity index (χ2n) is 4.53. The van der Waals surface area contributed by atoms with Gasteiger partial charge >= 0.3 is 0 Å². The summed E-state index contributed by atoms with van der Waals surface area (Å²) in [5.74, 6) is 0.522. The Labute approximate surface area is 110 Å². The maximum atomic E-state index is 11.8. The predicted octanol–water partition coefficient (Wildman–Crippen LogP) is 1.08. The summed E-state index contributed by atoms with van der Waals surface area (Å²) in [6.45, 7) is 3.93. The van der Waals surface area contributed by atoms with Gasteiger partial charge in [-0.3, -0.25) is 4.79 Å². The number of nitrogens with one attached hydrogen (secondary N) is 2. The molecule has 17 heavy (non-hydrogen) atoms. The second-order valence-corrected chi connectivity index (χ2v) is 4.53. The number of piperidine rings is 1.